The number of aromatic nitrogens is 4. The van der Waals surface area contributed by atoms with Crippen LogP contribution in [0, 0.1) is 0 Å². The average Bonchev–Trinajstić information content (AvgIpc) is 3.43. The van der Waals surface area contributed by atoms with E-state index in [1.54, 1.807) is 17.5 Å². The Kier molecular flexibility index (Phi) is 4.31. The Hall–Kier alpha value is -3.51. The van der Waals surface area contributed by atoms with Crippen LogP contribution in [0.1, 0.15) is 5.56 Å². The van der Waals surface area contributed by atoms with E-state index in [2.05, 4.69) is 54.8 Å². The van der Waals surface area contributed by atoms with Crippen LogP contribution < -0.4 is 5.32 Å². The molecule has 5 aromatic rings. The van der Waals surface area contributed by atoms with Crippen molar-refractivity contribution in [3.05, 3.63) is 89.6 Å². The van der Waals surface area contributed by atoms with Crippen LogP contribution in [-0.4, -0.2) is 19.4 Å². The lowest BCUT2D eigenvalue weighted by atomic mass is 10.1. The highest BCUT2D eigenvalue weighted by Gasteiger charge is 2.14. The Balaban J connectivity index is 1.63. The first kappa shape index (κ1) is 16.6. The van der Waals surface area contributed by atoms with Gasteiger partial charge in [-0.15, -0.1) is 0 Å². The minimum Gasteiger partial charge on any atom is -0.363 e. The number of thiophene rings is 1. The third-order valence-electron chi connectivity index (χ3n) is 4.56. The quantitative estimate of drug-likeness (QED) is 0.457. The molecule has 0 amide bonds. The molecule has 0 aliphatic rings. The topological polar surface area (TPSA) is 55.1 Å². The van der Waals surface area contributed by atoms with Gasteiger partial charge in [0.25, 0.3) is 0 Å². The van der Waals surface area contributed by atoms with E-state index in [1.807, 2.05) is 42.7 Å². The second kappa shape index (κ2) is 7.25. The number of anilines is 1. The number of fused-ring (bicyclic) bond motifs is 1. The maximum atomic E-state index is 4.87. The Morgan fingerprint density at radius 2 is 1.89 bits per heavy atom. The van der Waals surface area contributed by atoms with E-state index in [4.69, 9.17) is 4.98 Å². The molecule has 0 atom stereocenters. The molecule has 0 saturated carbocycles. The molecule has 136 valence electrons. The molecular formula is C22H17N5S. The second-order valence-electron chi connectivity index (χ2n) is 6.40. The minimum absolute atomic E-state index is 0.634. The number of hydrogen-bond donors (Lipinski definition) is 1. The predicted molar refractivity (Wildman–Crippen MR) is 113 cm³/mol. The average molecular weight is 383 g/mol. The van der Waals surface area contributed by atoms with Crippen LogP contribution >= 0.6 is 11.3 Å². The summed E-state index contributed by atoms with van der Waals surface area (Å²) in [5.74, 6) is 0.756. The van der Waals surface area contributed by atoms with Crippen LogP contribution in [0.25, 0.3) is 28.2 Å². The summed E-state index contributed by atoms with van der Waals surface area (Å²) < 4.78 is 2.11. The third kappa shape index (κ3) is 3.14. The van der Waals surface area contributed by atoms with Crippen molar-refractivity contribution < 1.29 is 0 Å². The molecule has 0 unspecified atom stereocenters. The number of imidazole rings is 1. The molecule has 0 fully saturated rings. The summed E-state index contributed by atoms with van der Waals surface area (Å²) in [6.45, 7) is 0.634. The van der Waals surface area contributed by atoms with E-state index in [0.717, 1.165) is 39.5 Å². The summed E-state index contributed by atoms with van der Waals surface area (Å²) in [6.07, 6.45) is 7.59. The highest BCUT2D eigenvalue weighted by atomic mass is 32.1. The van der Waals surface area contributed by atoms with Gasteiger partial charge in [-0.05, 0) is 23.1 Å². The largest absolute Gasteiger partial charge is 0.363 e. The lowest BCUT2D eigenvalue weighted by Crippen LogP contribution is -2.05. The summed E-state index contributed by atoms with van der Waals surface area (Å²) in [5, 5.41) is 7.65. The van der Waals surface area contributed by atoms with Gasteiger partial charge in [-0.1, -0.05) is 36.4 Å². The van der Waals surface area contributed by atoms with Crippen molar-refractivity contribution in [1.82, 2.24) is 19.4 Å². The van der Waals surface area contributed by atoms with E-state index < -0.39 is 0 Å². The van der Waals surface area contributed by atoms with E-state index in [1.165, 1.54) is 0 Å². The predicted octanol–water partition coefficient (Wildman–Crippen LogP) is 5.13. The van der Waals surface area contributed by atoms with Crippen molar-refractivity contribution in [2.24, 2.45) is 0 Å². The Labute approximate surface area is 166 Å². The maximum Gasteiger partial charge on any atom is 0.180 e. The fourth-order valence-corrected chi connectivity index (χ4v) is 3.82. The molecule has 6 heteroatoms. The standard InChI is InChI=1S/C22H17N5S/c1-2-6-17(7-3-1)19-14-27-20(18-8-10-28-15-18)13-25-22(27)21(26-19)24-12-16-5-4-9-23-11-16/h1-11,13-15H,12H2,(H,24,26). The smallest absolute Gasteiger partial charge is 0.180 e. The third-order valence-corrected chi connectivity index (χ3v) is 5.24. The lowest BCUT2D eigenvalue weighted by molar-refractivity contribution is 1.06. The van der Waals surface area contributed by atoms with E-state index >= 15 is 0 Å². The fourth-order valence-electron chi connectivity index (χ4n) is 3.17. The maximum absolute atomic E-state index is 4.87. The number of hydrogen-bond acceptors (Lipinski definition) is 5. The number of pyridine rings is 1. The summed E-state index contributed by atoms with van der Waals surface area (Å²) in [7, 11) is 0. The van der Waals surface area contributed by atoms with Crippen LogP contribution in [0.15, 0.2) is 84.1 Å². The molecule has 0 spiro atoms. The zero-order valence-electron chi connectivity index (χ0n) is 15.0. The van der Waals surface area contributed by atoms with Crippen LogP contribution in [0.3, 0.4) is 0 Å². The molecule has 0 radical (unpaired) electrons. The van der Waals surface area contributed by atoms with Gasteiger partial charge < -0.3 is 5.32 Å². The molecule has 1 aromatic carbocycles. The zero-order chi connectivity index (χ0) is 18.8. The van der Waals surface area contributed by atoms with Crippen molar-refractivity contribution in [3.8, 4) is 22.5 Å². The van der Waals surface area contributed by atoms with Crippen molar-refractivity contribution in [1.29, 1.82) is 0 Å². The van der Waals surface area contributed by atoms with Gasteiger partial charge in [0.1, 0.15) is 0 Å². The Bertz CT molecular complexity index is 1200. The van der Waals surface area contributed by atoms with Crippen molar-refractivity contribution in [3.63, 3.8) is 0 Å². The van der Waals surface area contributed by atoms with Gasteiger partial charge in [-0.2, -0.15) is 11.3 Å². The van der Waals surface area contributed by atoms with Gasteiger partial charge >= 0.3 is 0 Å². The molecular weight excluding hydrogens is 366 g/mol. The summed E-state index contributed by atoms with van der Waals surface area (Å²) >= 11 is 1.68. The normalized spacial score (nSPS) is 11.0. The SMILES string of the molecule is c1ccc(-c2cn3c(-c4ccsc4)cnc3c(NCc3cccnc3)n2)cc1. The van der Waals surface area contributed by atoms with Crippen LogP contribution in [-0.2, 0) is 6.54 Å². The number of nitrogens with one attached hydrogen (secondary N) is 1. The lowest BCUT2D eigenvalue weighted by Gasteiger charge is -2.11. The van der Waals surface area contributed by atoms with E-state index in [-0.39, 0.29) is 0 Å². The zero-order valence-corrected chi connectivity index (χ0v) is 15.8. The van der Waals surface area contributed by atoms with Crippen molar-refractivity contribution in [2.45, 2.75) is 6.54 Å². The molecule has 0 bridgehead atoms. The fraction of sp³-hybridized carbons (Fsp3) is 0.0455. The molecule has 0 aliphatic carbocycles. The Morgan fingerprint density at radius 3 is 2.68 bits per heavy atom. The van der Waals surface area contributed by atoms with E-state index in [0.29, 0.717) is 6.54 Å². The minimum atomic E-state index is 0.634. The number of nitrogens with zero attached hydrogens (tertiary/aromatic N) is 4. The molecule has 4 heterocycles. The van der Waals surface area contributed by atoms with Gasteiger partial charge in [-0.3, -0.25) is 9.38 Å². The number of rotatable bonds is 5. The number of benzene rings is 1. The molecule has 0 aliphatic heterocycles. The highest BCUT2D eigenvalue weighted by molar-refractivity contribution is 7.08. The van der Waals surface area contributed by atoms with Crippen LogP contribution in [0.2, 0.25) is 0 Å². The van der Waals surface area contributed by atoms with Gasteiger partial charge in [-0.25, -0.2) is 9.97 Å². The first-order chi connectivity index (χ1) is 13.9. The van der Waals surface area contributed by atoms with Crippen molar-refractivity contribution in [2.75, 3.05) is 5.32 Å². The molecule has 1 N–H and O–H groups in total. The van der Waals surface area contributed by atoms with Crippen LogP contribution in [0.5, 0.6) is 0 Å². The molecule has 4 aromatic heterocycles. The van der Waals surface area contributed by atoms with Crippen LogP contribution in [0.4, 0.5) is 5.82 Å². The highest BCUT2D eigenvalue weighted by Crippen LogP contribution is 2.28. The summed E-state index contributed by atoms with van der Waals surface area (Å²) in [6, 6.07) is 16.3. The molecule has 28 heavy (non-hydrogen) atoms. The van der Waals surface area contributed by atoms with Gasteiger partial charge in [0.05, 0.1) is 17.6 Å². The monoisotopic (exact) mass is 383 g/mol. The summed E-state index contributed by atoms with van der Waals surface area (Å²) in [4.78, 5) is 13.7. The Morgan fingerprint density at radius 1 is 0.964 bits per heavy atom. The van der Waals surface area contributed by atoms with Gasteiger partial charge in [0.15, 0.2) is 11.5 Å². The van der Waals surface area contributed by atoms with E-state index in [9.17, 15) is 0 Å². The molecule has 5 nitrogen and oxygen atoms in total. The molecule has 0 saturated heterocycles. The van der Waals surface area contributed by atoms with Gasteiger partial charge in [0, 0.05) is 41.6 Å². The van der Waals surface area contributed by atoms with Crippen molar-refractivity contribution >= 4 is 22.8 Å². The first-order valence-corrected chi connectivity index (χ1v) is 9.91. The second-order valence-corrected chi connectivity index (χ2v) is 7.18. The van der Waals surface area contributed by atoms with Gasteiger partial charge in [0.2, 0.25) is 0 Å². The molecule has 5 rings (SSSR count). The first-order valence-electron chi connectivity index (χ1n) is 8.97. The summed E-state index contributed by atoms with van der Waals surface area (Å²) in [5.41, 5.74) is 6.08.